The molecule has 1 atom stereocenters. The van der Waals surface area contributed by atoms with Crippen LogP contribution in [0, 0.1) is 5.92 Å². The molecule has 0 heterocycles. The second kappa shape index (κ2) is 7.67. The first-order valence-electron chi connectivity index (χ1n) is 6.91. The van der Waals surface area contributed by atoms with Gasteiger partial charge in [-0.15, -0.1) is 0 Å². The Labute approximate surface area is 125 Å². The van der Waals surface area contributed by atoms with E-state index in [1.54, 1.807) is 20.8 Å². The molecule has 21 heavy (non-hydrogen) atoms. The van der Waals surface area contributed by atoms with Crippen LogP contribution in [-0.2, 0) is 14.3 Å². The maximum absolute atomic E-state index is 11.7. The van der Waals surface area contributed by atoms with Gasteiger partial charge in [-0.25, -0.2) is 9.59 Å². The quantitative estimate of drug-likeness (QED) is 0.625. The summed E-state index contributed by atoms with van der Waals surface area (Å²) >= 11 is 0. The van der Waals surface area contributed by atoms with Gasteiger partial charge in [-0.3, -0.25) is 0 Å². The van der Waals surface area contributed by atoms with E-state index < -0.39 is 23.7 Å². The number of carbonyl (C=O) groups excluding carboxylic acids is 2. The van der Waals surface area contributed by atoms with Crippen LogP contribution >= 0.6 is 0 Å². The molecule has 1 N–H and O–H groups in total. The molecule has 0 aliphatic heterocycles. The summed E-state index contributed by atoms with van der Waals surface area (Å²) in [6.07, 6.45) is 11.5. The molecule has 0 aromatic carbocycles. The predicted octanol–water partition coefficient (Wildman–Crippen LogP) is 2.74. The topological polar surface area (TPSA) is 64.6 Å². The number of carbonyl (C=O) groups is 2. The van der Waals surface area contributed by atoms with Crippen molar-refractivity contribution < 1.29 is 19.1 Å². The van der Waals surface area contributed by atoms with Gasteiger partial charge in [-0.1, -0.05) is 36.5 Å². The largest absolute Gasteiger partial charge is 0.467 e. The van der Waals surface area contributed by atoms with Crippen molar-refractivity contribution in [1.82, 2.24) is 5.32 Å². The summed E-state index contributed by atoms with van der Waals surface area (Å²) < 4.78 is 9.83. The van der Waals surface area contributed by atoms with Crippen LogP contribution in [0.1, 0.15) is 27.2 Å². The normalized spacial score (nSPS) is 16.2. The fourth-order valence-corrected chi connectivity index (χ4v) is 1.76. The number of alkyl carbamates (subject to hydrolysis) is 1. The molecule has 0 aromatic heterocycles. The Kier molecular flexibility index (Phi) is 6.21. The molecule has 0 spiro atoms. The third-order valence-electron chi connectivity index (χ3n) is 2.68. The van der Waals surface area contributed by atoms with E-state index >= 15 is 0 Å². The van der Waals surface area contributed by atoms with E-state index in [9.17, 15) is 9.59 Å². The molecule has 1 rings (SSSR count). The number of amides is 1. The number of ether oxygens (including phenoxy) is 2. The van der Waals surface area contributed by atoms with Gasteiger partial charge >= 0.3 is 12.1 Å². The third kappa shape index (κ3) is 6.79. The summed E-state index contributed by atoms with van der Waals surface area (Å²) in [4.78, 5) is 23.4. The van der Waals surface area contributed by atoms with Gasteiger partial charge in [-0.05, 0) is 27.2 Å². The molecular weight excluding hydrogens is 270 g/mol. The molecule has 116 valence electrons. The molecule has 0 aromatic rings. The highest BCUT2D eigenvalue weighted by Gasteiger charge is 2.23. The van der Waals surface area contributed by atoms with E-state index in [4.69, 9.17) is 9.47 Å². The maximum Gasteiger partial charge on any atom is 0.408 e. The summed E-state index contributed by atoms with van der Waals surface area (Å²) in [5, 5.41) is 2.53. The van der Waals surface area contributed by atoms with Crippen LogP contribution in [0.5, 0.6) is 0 Å². The predicted molar refractivity (Wildman–Crippen MR) is 80.7 cm³/mol. The van der Waals surface area contributed by atoms with E-state index in [1.165, 1.54) is 7.11 Å². The van der Waals surface area contributed by atoms with Crippen LogP contribution in [0.15, 0.2) is 36.5 Å². The van der Waals surface area contributed by atoms with Crippen molar-refractivity contribution in [2.24, 2.45) is 5.92 Å². The van der Waals surface area contributed by atoms with E-state index in [0.29, 0.717) is 6.42 Å². The van der Waals surface area contributed by atoms with Crippen molar-refractivity contribution in [3.8, 4) is 0 Å². The summed E-state index contributed by atoms with van der Waals surface area (Å²) in [6, 6.07) is -0.754. The first-order chi connectivity index (χ1) is 9.81. The minimum atomic E-state index is -0.754. The Morgan fingerprint density at radius 3 is 2.43 bits per heavy atom. The zero-order valence-corrected chi connectivity index (χ0v) is 13.0. The smallest absolute Gasteiger partial charge is 0.408 e. The van der Waals surface area contributed by atoms with Crippen LogP contribution in [0.4, 0.5) is 4.79 Å². The van der Waals surface area contributed by atoms with Crippen molar-refractivity contribution in [3.63, 3.8) is 0 Å². The average Bonchev–Trinajstić information content (AvgIpc) is 2.87. The molecule has 0 bridgehead atoms. The summed E-state index contributed by atoms with van der Waals surface area (Å²) in [6.45, 7) is 5.29. The zero-order valence-electron chi connectivity index (χ0n) is 13.0. The third-order valence-corrected chi connectivity index (χ3v) is 2.68. The van der Waals surface area contributed by atoms with Gasteiger partial charge in [0.15, 0.2) is 0 Å². The standard InChI is InChI=1S/C16H23NO4/c1-16(2,3)21-15(19)17-13(14(18)20-4)11-7-10-12-8-5-6-9-12/h5-10,12-13H,11H2,1-4H3,(H,17,19)/t13-/m0/s1. The molecule has 1 aliphatic rings. The Morgan fingerprint density at radius 2 is 1.90 bits per heavy atom. The molecular formula is C16H23NO4. The summed E-state index contributed by atoms with van der Waals surface area (Å²) in [5.74, 6) is -0.257. The van der Waals surface area contributed by atoms with Crippen LogP contribution in [0.2, 0.25) is 0 Å². The van der Waals surface area contributed by atoms with Crippen molar-refractivity contribution in [3.05, 3.63) is 36.5 Å². The molecule has 1 aliphatic carbocycles. The Hall–Kier alpha value is -2.04. The highest BCUT2D eigenvalue weighted by Crippen LogP contribution is 2.11. The summed E-state index contributed by atoms with van der Waals surface area (Å²) in [5.41, 5.74) is -0.611. The molecule has 0 radical (unpaired) electrons. The van der Waals surface area contributed by atoms with Crippen LogP contribution < -0.4 is 5.32 Å². The fraction of sp³-hybridized carbons (Fsp3) is 0.500. The highest BCUT2D eigenvalue weighted by molar-refractivity contribution is 5.81. The minimum absolute atomic E-state index is 0.241. The SMILES string of the molecule is COC(=O)[C@H](CC=CC1C=CC=C1)NC(=O)OC(C)(C)C. The molecule has 5 nitrogen and oxygen atoms in total. The second-order valence-electron chi connectivity index (χ2n) is 5.73. The molecule has 1 amide bonds. The Bertz CT molecular complexity index is 445. The number of hydrogen-bond acceptors (Lipinski definition) is 4. The lowest BCUT2D eigenvalue weighted by Gasteiger charge is -2.22. The first-order valence-corrected chi connectivity index (χ1v) is 6.91. The number of rotatable bonds is 5. The number of nitrogens with one attached hydrogen (secondary N) is 1. The molecule has 5 heteroatoms. The minimum Gasteiger partial charge on any atom is -0.467 e. The Balaban J connectivity index is 2.55. The van der Waals surface area contributed by atoms with E-state index in [1.807, 2.05) is 36.5 Å². The monoisotopic (exact) mass is 293 g/mol. The van der Waals surface area contributed by atoms with E-state index in [0.717, 1.165) is 0 Å². The van der Waals surface area contributed by atoms with Gasteiger partial charge in [0.05, 0.1) is 7.11 Å². The van der Waals surface area contributed by atoms with E-state index in [-0.39, 0.29) is 5.92 Å². The average molecular weight is 293 g/mol. The molecule has 0 unspecified atom stereocenters. The Morgan fingerprint density at radius 1 is 1.29 bits per heavy atom. The number of methoxy groups -OCH3 is 1. The van der Waals surface area contributed by atoms with Gasteiger partial charge in [0.1, 0.15) is 11.6 Å². The van der Waals surface area contributed by atoms with Crippen molar-refractivity contribution in [2.75, 3.05) is 7.11 Å². The molecule has 0 saturated carbocycles. The molecule has 0 saturated heterocycles. The van der Waals surface area contributed by atoms with Crippen LogP contribution in [-0.4, -0.2) is 30.8 Å². The number of esters is 1. The lowest BCUT2D eigenvalue weighted by atomic mass is 10.1. The highest BCUT2D eigenvalue weighted by atomic mass is 16.6. The second-order valence-corrected chi connectivity index (χ2v) is 5.73. The zero-order chi connectivity index (χ0) is 15.9. The van der Waals surface area contributed by atoms with Gasteiger partial charge < -0.3 is 14.8 Å². The van der Waals surface area contributed by atoms with E-state index in [2.05, 4.69) is 5.32 Å². The number of allylic oxidation sites excluding steroid dienone is 5. The van der Waals surface area contributed by atoms with Gasteiger partial charge in [0, 0.05) is 5.92 Å². The van der Waals surface area contributed by atoms with Crippen molar-refractivity contribution in [2.45, 2.75) is 38.8 Å². The van der Waals surface area contributed by atoms with Crippen molar-refractivity contribution in [1.29, 1.82) is 0 Å². The van der Waals surface area contributed by atoms with Gasteiger partial charge in [0.2, 0.25) is 0 Å². The number of hydrogen-bond donors (Lipinski definition) is 1. The maximum atomic E-state index is 11.7. The lowest BCUT2D eigenvalue weighted by Crippen LogP contribution is -2.43. The lowest BCUT2D eigenvalue weighted by molar-refractivity contribution is -0.143. The van der Waals surface area contributed by atoms with Crippen LogP contribution in [0.25, 0.3) is 0 Å². The fourth-order valence-electron chi connectivity index (χ4n) is 1.76. The van der Waals surface area contributed by atoms with Crippen LogP contribution in [0.3, 0.4) is 0 Å². The van der Waals surface area contributed by atoms with Crippen molar-refractivity contribution >= 4 is 12.1 Å². The summed E-state index contributed by atoms with van der Waals surface area (Å²) in [7, 11) is 1.29. The van der Waals surface area contributed by atoms with Gasteiger partial charge in [0.25, 0.3) is 0 Å². The molecule has 0 fully saturated rings. The van der Waals surface area contributed by atoms with Gasteiger partial charge in [-0.2, -0.15) is 0 Å². The first kappa shape index (κ1) is 17.0.